The van der Waals surface area contributed by atoms with Crippen LogP contribution >= 0.6 is 0 Å². The number of primary amides is 1. The Bertz CT molecular complexity index is 510. The van der Waals surface area contributed by atoms with Crippen molar-refractivity contribution in [2.45, 2.75) is 25.3 Å². The predicted molar refractivity (Wildman–Crippen MR) is 75.7 cm³/mol. The van der Waals surface area contributed by atoms with E-state index in [2.05, 4.69) is 10.6 Å². The second-order valence-electron chi connectivity index (χ2n) is 4.88. The summed E-state index contributed by atoms with van der Waals surface area (Å²) in [6.45, 7) is 1.84. The van der Waals surface area contributed by atoms with Crippen LogP contribution in [0.2, 0.25) is 0 Å². The van der Waals surface area contributed by atoms with Crippen molar-refractivity contribution in [3.05, 3.63) is 33.9 Å². The average molecular weight is 278 g/mol. The average Bonchev–Trinajstić information content (AvgIpc) is 2.67. The molecule has 1 amide bonds. The lowest BCUT2D eigenvalue weighted by Crippen LogP contribution is -2.22. The third-order valence-electron chi connectivity index (χ3n) is 3.41. The van der Waals surface area contributed by atoms with Gasteiger partial charge in [0.15, 0.2) is 0 Å². The number of rotatable bonds is 4. The summed E-state index contributed by atoms with van der Waals surface area (Å²) in [7, 11) is 0. The number of amides is 1. The van der Waals surface area contributed by atoms with Gasteiger partial charge < -0.3 is 16.4 Å². The molecule has 1 aromatic carbocycles. The lowest BCUT2D eigenvalue weighted by molar-refractivity contribution is -0.384. The van der Waals surface area contributed by atoms with E-state index in [9.17, 15) is 14.9 Å². The van der Waals surface area contributed by atoms with Gasteiger partial charge in [0, 0.05) is 17.7 Å². The SMILES string of the molecule is NC(=O)c1ccc([N+](=O)[O-])c(NC2CCCNCC2)c1. The van der Waals surface area contributed by atoms with Gasteiger partial charge in [-0.25, -0.2) is 0 Å². The van der Waals surface area contributed by atoms with Gasteiger partial charge >= 0.3 is 0 Å². The first-order chi connectivity index (χ1) is 9.58. The summed E-state index contributed by atoms with van der Waals surface area (Å²) in [4.78, 5) is 21.8. The van der Waals surface area contributed by atoms with Gasteiger partial charge in [-0.1, -0.05) is 0 Å². The zero-order chi connectivity index (χ0) is 14.5. The highest BCUT2D eigenvalue weighted by atomic mass is 16.6. The highest BCUT2D eigenvalue weighted by Gasteiger charge is 2.19. The molecule has 1 aliphatic heterocycles. The summed E-state index contributed by atoms with van der Waals surface area (Å²) in [5.74, 6) is -0.592. The van der Waals surface area contributed by atoms with Crippen LogP contribution in [-0.2, 0) is 0 Å². The quantitative estimate of drug-likeness (QED) is 0.567. The number of nitro benzene ring substituents is 1. The van der Waals surface area contributed by atoms with E-state index in [0.717, 1.165) is 32.4 Å². The third-order valence-corrected chi connectivity index (χ3v) is 3.41. The lowest BCUT2D eigenvalue weighted by Gasteiger charge is -2.17. The highest BCUT2D eigenvalue weighted by molar-refractivity contribution is 5.94. The largest absolute Gasteiger partial charge is 0.377 e. The Kier molecular flexibility index (Phi) is 4.52. The molecule has 1 aromatic rings. The zero-order valence-corrected chi connectivity index (χ0v) is 11.1. The molecule has 1 atom stereocenters. The monoisotopic (exact) mass is 278 g/mol. The standard InChI is InChI=1S/C13H18N4O3/c14-13(18)9-3-4-12(17(19)20)11(8-9)16-10-2-1-6-15-7-5-10/h3-4,8,10,15-16H,1-2,5-7H2,(H2,14,18). The third kappa shape index (κ3) is 3.45. The maximum atomic E-state index is 11.2. The fraction of sp³-hybridized carbons (Fsp3) is 0.462. The van der Waals surface area contributed by atoms with Gasteiger partial charge in [0.2, 0.25) is 5.91 Å². The van der Waals surface area contributed by atoms with Crippen LogP contribution in [0.4, 0.5) is 11.4 Å². The zero-order valence-electron chi connectivity index (χ0n) is 11.1. The summed E-state index contributed by atoms with van der Waals surface area (Å²) in [6.07, 6.45) is 2.84. The summed E-state index contributed by atoms with van der Waals surface area (Å²) < 4.78 is 0. The summed E-state index contributed by atoms with van der Waals surface area (Å²) in [5.41, 5.74) is 5.81. The number of carbonyl (C=O) groups excluding carboxylic acids is 1. The molecule has 0 saturated carbocycles. The molecule has 7 heteroatoms. The van der Waals surface area contributed by atoms with Gasteiger partial charge in [-0.15, -0.1) is 0 Å². The predicted octanol–water partition coefficient (Wildman–Crippen LogP) is 1.25. The van der Waals surface area contributed by atoms with Crippen molar-refractivity contribution in [1.29, 1.82) is 0 Å². The van der Waals surface area contributed by atoms with Crippen LogP contribution in [0.25, 0.3) is 0 Å². The minimum Gasteiger partial charge on any atom is -0.377 e. The van der Waals surface area contributed by atoms with Crippen LogP contribution in [0.5, 0.6) is 0 Å². The van der Waals surface area contributed by atoms with Crippen molar-refractivity contribution in [3.63, 3.8) is 0 Å². The molecule has 0 aromatic heterocycles. The second-order valence-corrected chi connectivity index (χ2v) is 4.88. The molecule has 0 bridgehead atoms. The van der Waals surface area contributed by atoms with E-state index >= 15 is 0 Å². The fourth-order valence-electron chi connectivity index (χ4n) is 2.35. The van der Waals surface area contributed by atoms with E-state index in [1.165, 1.54) is 18.2 Å². The van der Waals surface area contributed by atoms with Crippen LogP contribution in [-0.4, -0.2) is 30.0 Å². The first kappa shape index (κ1) is 14.3. The molecular formula is C13H18N4O3. The molecule has 7 nitrogen and oxygen atoms in total. The number of benzene rings is 1. The van der Waals surface area contributed by atoms with Gasteiger partial charge in [0.1, 0.15) is 5.69 Å². The number of carbonyl (C=O) groups is 1. The number of nitrogens with two attached hydrogens (primary N) is 1. The molecule has 0 radical (unpaired) electrons. The van der Waals surface area contributed by atoms with Crippen molar-refractivity contribution >= 4 is 17.3 Å². The molecule has 2 rings (SSSR count). The minimum absolute atomic E-state index is 0.0350. The highest BCUT2D eigenvalue weighted by Crippen LogP contribution is 2.27. The molecule has 0 aliphatic carbocycles. The van der Waals surface area contributed by atoms with Crippen molar-refractivity contribution < 1.29 is 9.72 Å². The number of nitrogens with zero attached hydrogens (tertiary/aromatic N) is 1. The summed E-state index contributed by atoms with van der Waals surface area (Å²) in [6, 6.07) is 4.31. The Morgan fingerprint density at radius 1 is 1.40 bits per heavy atom. The number of nitrogens with one attached hydrogen (secondary N) is 2. The van der Waals surface area contributed by atoms with Crippen LogP contribution in [0.15, 0.2) is 18.2 Å². The van der Waals surface area contributed by atoms with Gasteiger partial charge in [-0.05, 0) is 44.5 Å². The molecule has 1 heterocycles. The Morgan fingerprint density at radius 2 is 2.20 bits per heavy atom. The van der Waals surface area contributed by atoms with Gasteiger partial charge in [0.25, 0.3) is 5.69 Å². The molecule has 4 N–H and O–H groups in total. The number of hydrogen-bond donors (Lipinski definition) is 3. The van der Waals surface area contributed by atoms with Crippen LogP contribution in [0.3, 0.4) is 0 Å². The summed E-state index contributed by atoms with van der Waals surface area (Å²) in [5, 5.41) is 17.5. The van der Waals surface area contributed by atoms with E-state index in [-0.39, 0.29) is 17.3 Å². The molecule has 108 valence electrons. The molecular weight excluding hydrogens is 260 g/mol. The van der Waals surface area contributed by atoms with E-state index in [1.807, 2.05) is 0 Å². The van der Waals surface area contributed by atoms with Crippen molar-refractivity contribution in [1.82, 2.24) is 5.32 Å². The molecule has 20 heavy (non-hydrogen) atoms. The maximum Gasteiger partial charge on any atom is 0.292 e. The first-order valence-corrected chi connectivity index (χ1v) is 6.63. The molecule has 1 aliphatic rings. The number of anilines is 1. The van der Waals surface area contributed by atoms with Crippen LogP contribution < -0.4 is 16.4 Å². The van der Waals surface area contributed by atoms with Gasteiger partial charge in [-0.3, -0.25) is 14.9 Å². The van der Waals surface area contributed by atoms with E-state index in [0.29, 0.717) is 5.69 Å². The molecule has 1 unspecified atom stereocenters. The second kappa shape index (κ2) is 6.33. The smallest absolute Gasteiger partial charge is 0.292 e. The lowest BCUT2D eigenvalue weighted by atomic mass is 10.1. The van der Waals surface area contributed by atoms with Crippen LogP contribution in [0, 0.1) is 10.1 Å². The van der Waals surface area contributed by atoms with Gasteiger partial charge in [-0.2, -0.15) is 0 Å². The first-order valence-electron chi connectivity index (χ1n) is 6.63. The topological polar surface area (TPSA) is 110 Å². The van der Waals surface area contributed by atoms with E-state index in [4.69, 9.17) is 5.73 Å². The molecule has 1 fully saturated rings. The molecule has 0 spiro atoms. The summed E-state index contributed by atoms with van der Waals surface area (Å²) >= 11 is 0. The van der Waals surface area contributed by atoms with E-state index < -0.39 is 10.8 Å². The maximum absolute atomic E-state index is 11.2. The molecule has 1 saturated heterocycles. The number of hydrogen-bond acceptors (Lipinski definition) is 5. The van der Waals surface area contributed by atoms with Gasteiger partial charge in [0.05, 0.1) is 4.92 Å². The van der Waals surface area contributed by atoms with Crippen molar-refractivity contribution in [2.75, 3.05) is 18.4 Å². The Morgan fingerprint density at radius 3 is 2.90 bits per heavy atom. The van der Waals surface area contributed by atoms with Crippen molar-refractivity contribution in [3.8, 4) is 0 Å². The Hall–Kier alpha value is -2.15. The van der Waals surface area contributed by atoms with Crippen molar-refractivity contribution in [2.24, 2.45) is 5.73 Å². The minimum atomic E-state index is -0.592. The number of nitro groups is 1. The Labute approximate surface area is 116 Å². The fourth-order valence-corrected chi connectivity index (χ4v) is 2.35. The van der Waals surface area contributed by atoms with Crippen LogP contribution in [0.1, 0.15) is 29.6 Å². The Balaban J connectivity index is 2.24. The normalized spacial score (nSPS) is 19.1. The van der Waals surface area contributed by atoms with E-state index in [1.54, 1.807) is 0 Å².